The number of benzene rings is 1. The lowest BCUT2D eigenvalue weighted by Crippen LogP contribution is -2.43. The molecular formula is C17H20N2O4S. The Kier molecular flexibility index (Phi) is 6.43. The van der Waals surface area contributed by atoms with E-state index < -0.39 is 12.0 Å². The molecule has 1 atom stereocenters. The van der Waals surface area contributed by atoms with Crippen LogP contribution in [0, 0.1) is 13.8 Å². The van der Waals surface area contributed by atoms with Crippen molar-refractivity contribution >= 4 is 23.6 Å². The normalized spacial score (nSPS) is 11.9. The molecule has 0 spiro atoms. The maximum absolute atomic E-state index is 12.0. The summed E-state index contributed by atoms with van der Waals surface area (Å²) in [6.45, 7) is 3.68. The molecule has 2 aromatic rings. The lowest BCUT2D eigenvalue weighted by Gasteiger charge is -2.14. The van der Waals surface area contributed by atoms with Crippen molar-refractivity contribution in [3.05, 3.63) is 52.9 Å². The Morgan fingerprint density at radius 1 is 1.29 bits per heavy atom. The van der Waals surface area contributed by atoms with E-state index in [1.165, 1.54) is 11.8 Å². The van der Waals surface area contributed by atoms with Crippen molar-refractivity contribution in [2.24, 2.45) is 0 Å². The number of nitrogens with zero attached hydrogens (tertiary/aromatic N) is 1. The molecule has 0 unspecified atom stereocenters. The lowest BCUT2D eigenvalue weighted by molar-refractivity contribution is -0.141. The third-order valence-corrected chi connectivity index (χ3v) is 4.54. The van der Waals surface area contributed by atoms with E-state index >= 15 is 0 Å². The van der Waals surface area contributed by atoms with Crippen LogP contribution in [0.25, 0.3) is 0 Å². The second-order valence-electron chi connectivity index (χ2n) is 5.44. The summed E-state index contributed by atoms with van der Waals surface area (Å²) in [5.41, 5.74) is 2.66. The molecule has 6 nitrogen and oxygen atoms in total. The van der Waals surface area contributed by atoms with Gasteiger partial charge in [0.05, 0.1) is 11.4 Å². The Morgan fingerprint density at radius 3 is 2.58 bits per heavy atom. The molecule has 1 heterocycles. The molecule has 0 saturated carbocycles. The second kappa shape index (κ2) is 8.54. The molecule has 1 amide bonds. The maximum atomic E-state index is 12.0. The van der Waals surface area contributed by atoms with Crippen molar-refractivity contribution < 1.29 is 19.2 Å². The minimum Gasteiger partial charge on any atom is -0.480 e. The van der Waals surface area contributed by atoms with Crippen LogP contribution in [0.4, 0.5) is 0 Å². The number of carboxylic acid groups (broad SMARTS) is 1. The highest BCUT2D eigenvalue weighted by atomic mass is 32.2. The molecule has 7 heteroatoms. The number of carbonyl (C=O) groups excluding carboxylic acids is 1. The molecule has 0 saturated heterocycles. The highest BCUT2D eigenvalue weighted by Gasteiger charge is 2.20. The van der Waals surface area contributed by atoms with Crippen LogP contribution in [0.2, 0.25) is 0 Å². The number of aryl methyl sites for hydroxylation is 2. The van der Waals surface area contributed by atoms with Gasteiger partial charge in [0.25, 0.3) is 0 Å². The van der Waals surface area contributed by atoms with E-state index in [0.29, 0.717) is 5.75 Å². The van der Waals surface area contributed by atoms with E-state index in [2.05, 4.69) is 10.5 Å². The van der Waals surface area contributed by atoms with Crippen molar-refractivity contribution in [3.63, 3.8) is 0 Å². The lowest BCUT2D eigenvalue weighted by atomic mass is 10.1. The molecule has 24 heavy (non-hydrogen) atoms. The van der Waals surface area contributed by atoms with Gasteiger partial charge in [0.1, 0.15) is 11.8 Å². The molecule has 2 rings (SSSR count). The van der Waals surface area contributed by atoms with Gasteiger partial charge in [-0.3, -0.25) is 4.79 Å². The zero-order valence-electron chi connectivity index (χ0n) is 13.6. The molecule has 0 fully saturated rings. The molecule has 0 aliphatic carbocycles. The number of amides is 1. The average molecular weight is 348 g/mol. The third-order valence-electron chi connectivity index (χ3n) is 3.58. The third kappa shape index (κ3) is 5.13. The number of carboxylic acids is 1. The summed E-state index contributed by atoms with van der Waals surface area (Å²) in [4.78, 5) is 23.4. The van der Waals surface area contributed by atoms with Gasteiger partial charge < -0.3 is 14.9 Å². The summed E-state index contributed by atoms with van der Waals surface area (Å²) in [5, 5.41) is 15.7. The second-order valence-corrected chi connectivity index (χ2v) is 6.43. The van der Waals surface area contributed by atoms with Gasteiger partial charge in [-0.05, 0) is 19.4 Å². The Morgan fingerprint density at radius 2 is 2.00 bits per heavy atom. The van der Waals surface area contributed by atoms with Crippen LogP contribution in [0.3, 0.4) is 0 Å². The summed E-state index contributed by atoms with van der Waals surface area (Å²) in [6, 6.07) is 8.30. The van der Waals surface area contributed by atoms with E-state index in [1.807, 2.05) is 44.2 Å². The quantitative estimate of drug-likeness (QED) is 0.761. The Balaban J connectivity index is 1.83. The first kappa shape index (κ1) is 18.1. The molecule has 0 radical (unpaired) electrons. The van der Waals surface area contributed by atoms with Gasteiger partial charge in [-0.15, -0.1) is 11.8 Å². The smallest absolute Gasteiger partial charge is 0.326 e. The molecule has 0 aliphatic heterocycles. The van der Waals surface area contributed by atoms with Crippen LogP contribution in [-0.2, 0) is 21.8 Å². The first-order chi connectivity index (χ1) is 11.5. The van der Waals surface area contributed by atoms with Crippen molar-refractivity contribution in [3.8, 4) is 0 Å². The van der Waals surface area contributed by atoms with Gasteiger partial charge in [-0.25, -0.2) is 4.79 Å². The van der Waals surface area contributed by atoms with Crippen molar-refractivity contribution in [1.82, 2.24) is 10.5 Å². The Bertz CT molecular complexity index is 680. The molecule has 128 valence electrons. The van der Waals surface area contributed by atoms with Crippen LogP contribution in [0.15, 0.2) is 34.9 Å². The van der Waals surface area contributed by atoms with E-state index in [9.17, 15) is 14.7 Å². The number of nitrogens with one attached hydrogen (secondary N) is 1. The summed E-state index contributed by atoms with van der Waals surface area (Å²) in [6.07, 6.45) is 0.260. The molecule has 0 aliphatic rings. The monoisotopic (exact) mass is 348 g/mol. The Labute approximate surface area is 144 Å². The first-order valence-electron chi connectivity index (χ1n) is 7.53. The predicted octanol–water partition coefficient (Wildman–Crippen LogP) is 2.34. The Hall–Kier alpha value is -2.28. The van der Waals surface area contributed by atoms with Gasteiger partial charge >= 0.3 is 5.97 Å². The number of aliphatic carboxylic acids is 1. The van der Waals surface area contributed by atoms with Crippen LogP contribution in [-0.4, -0.2) is 33.9 Å². The van der Waals surface area contributed by atoms with Gasteiger partial charge in [-0.2, -0.15) is 0 Å². The molecule has 2 N–H and O–H groups in total. The largest absolute Gasteiger partial charge is 0.480 e. The summed E-state index contributed by atoms with van der Waals surface area (Å²) < 4.78 is 5.07. The van der Waals surface area contributed by atoms with Crippen LogP contribution >= 0.6 is 11.8 Å². The highest BCUT2D eigenvalue weighted by molar-refractivity contribution is 7.99. The molecular weight excluding hydrogens is 328 g/mol. The number of carbonyl (C=O) groups is 2. The molecule has 0 bridgehead atoms. The van der Waals surface area contributed by atoms with Gasteiger partial charge in [0, 0.05) is 17.7 Å². The maximum Gasteiger partial charge on any atom is 0.326 e. The number of aromatic nitrogens is 1. The zero-order valence-corrected chi connectivity index (χ0v) is 14.4. The van der Waals surface area contributed by atoms with Crippen LogP contribution in [0.5, 0.6) is 0 Å². The summed E-state index contributed by atoms with van der Waals surface area (Å²) in [5.74, 6) is 0.194. The van der Waals surface area contributed by atoms with E-state index in [1.54, 1.807) is 0 Å². The van der Waals surface area contributed by atoms with Crippen LogP contribution in [0.1, 0.15) is 22.6 Å². The number of thioether (sulfide) groups is 1. The fraction of sp³-hybridized carbons (Fsp3) is 0.353. The van der Waals surface area contributed by atoms with Gasteiger partial charge in [0.2, 0.25) is 5.91 Å². The fourth-order valence-electron chi connectivity index (χ4n) is 2.24. The molecule has 1 aromatic carbocycles. The number of hydrogen-bond donors (Lipinski definition) is 2. The summed E-state index contributed by atoms with van der Waals surface area (Å²) in [7, 11) is 0. The summed E-state index contributed by atoms with van der Waals surface area (Å²) >= 11 is 1.40. The van der Waals surface area contributed by atoms with Crippen molar-refractivity contribution in [2.45, 2.75) is 32.1 Å². The van der Waals surface area contributed by atoms with Crippen molar-refractivity contribution in [2.75, 3.05) is 5.75 Å². The van der Waals surface area contributed by atoms with E-state index in [4.69, 9.17) is 4.52 Å². The standard InChI is InChI=1S/C17H20N2O4S/c1-11-14(12(2)23-19-11)9-24-10-16(20)18-15(17(21)22)8-13-6-4-3-5-7-13/h3-7,15H,8-10H2,1-2H3,(H,18,20)(H,21,22)/t15-/m1/s1. The highest BCUT2D eigenvalue weighted by Crippen LogP contribution is 2.19. The zero-order chi connectivity index (χ0) is 17.5. The number of hydrogen-bond acceptors (Lipinski definition) is 5. The SMILES string of the molecule is Cc1noc(C)c1CSCC(=O)N[C@H](Cc1ccccc1)C(=O)O. The van der Waals surface area contributed by atoms with Crippen molar-refractivity contribution in [1.29, 1.82) is 0 Å². The van der Waals surface area contributed by atoms with Gasteiger partial charge in [-0.1, -0.05) is 35.5 Å². The molecule has 1 aromatic heterocycles. The predicted molar refractivity (Wildman–Crippen MR) is 91.9 cm³/mol. The average Bonchev–Trinajstić information content (AvgIpc) is 2.87. The van der Waals surface area contributed by atoms with E-state index in [0.717, 1.165) is 22.6 Å². The van der Waals surface area contributed by atoms with E-state index in [-0.39, 0.29) is 18.1 Å². The topological polar surface area (TPSA) is 92.4 Å². The first-order valence-corrected chi connectivity index (χ1v) is 8.68. The fourth-order valence-corrected chi connectivity index (χ4v) is 3.23. The van der Waals surface area contributed by atoms with Gasteiger partial charge in [0.15, 0.2) is 0 Å². The minimum atomic E-state index is -1.04. The minimum absolute atomic E-state index is 0.183. The number of rotatable bonds is 8. The van der Waals surface area contributed by atoms with Crippen LogP contribution < -0.4 is 5.32 Å².